The number of aryl methyl sites for hydroxylation is 2. The largest absolute Gasteiger partial charge is 0.192 e. The van der Waals surface area contributed by atoms with Crippen molar-refractivity contribution in [1.29, 1.82) is 5.26 Å². The van der Waals surface area contributed by atoms with Gasteiger partial charge in [0.25, 0.3) is 0 Å². The number of nitrogens with zero attached hydrogens (tertiary/aromatic N) is 1. The average Bonchev–Trinajstić information content (AvgIpc) is 2.58. The summed E-state index contributed by atoms with van der Waals surface area (Å²) >= 11 is 0. The molecular weight excluding hydrogens is 266 g/mol. The van der Waals surface area contributed by atoms with Crippen LogP contribution in [-0.2, 0) is 12.8 Å². The van der Waals surface area contributed by atoms with Gasteiger partial charge in [-0.15, -0.1) is 0 Å². The molecule has 0 aliphatic heterocycles. The molecule has 1 heteroatoms. The Hall–Kier alpha value is -2.07. The van der Waals surface area contributed by atoms with Crippen LogP contribution in [0.4, 0.5) is 0 Å². The molecular formula is C21H25N. The van der Waals surface area contributed by atoms with Crippen LogP contribution in [0.2, 0.25) is 0 Å². The highest BCUT2D eigenvalue weighted by Crippen LogP contribution is 2.12. The third kappa shape index (κ3) is 6.14. The Morgan fingerprint density at radius 3 is 1.91 bits per heavy atom. The van der Waals surface area contributed by atoms with Crippen LogP contribution >= 0.6 is 0 Å². The van der Waals surface area contributed by atoms with Crippen LogP contribution in [0.1, 0.15) is 55.2 Å². The molecule has 0 radical (unpaired) electrons. The van der Waals surface area contributed by atoms with Crippen LogP contribution < -0.4 is 0 Å². The highest BCUT2D eigenvalue weighted by Gasteiger charge is 1.97. The van der Waals surface area contributed by atoms with Crippen molar-refractivity contribution in [2.45, 2.75) is 51.4 Å². The van der Waals surface area contributed by atoms with Crippen molar-refractivity contribution in [3.05, 3.63) is 71.3 Å². The van der Waals surface area contributed by atoms with Crippen LogP contribution in [0, 0.1) is 11.3 Å². The predicted octanol–water partition coefficient (Wildman–Crippen LogP) is 5.68. The zero-order valence-corrected chi connectivity index (χ0v) is 13.3. The van der Waals surface area contributed by atoms with E-state index in [1.807, 2.05) is 18.2 Å². The molecule has 2 rings (SSSR count). The molecule has 0 spiro atoms. The highest BCUT2D eigenvalue weighted by atomic mass is 14.2. The number of hydrogen-bond acceptors (Lipinski definition) is 1. The monoisotopic (exact) mass is 291 g/mol. The fraction of sp³-hybridized carbons (Fsp3) is 0.381. The smallest absolute Gasteiger partial charge is 0.0991 e. The van der Waals surface area contributed by atoms with Crippen molar-refractivity contribution in [1.82, 2.24) is 0 Å². The fourth-order valence-corrected chi connectivity index (χ4v) is 2.81. The first kappa shape index (κ1) is 16.3. The van der Waals surface area contributed by atoms with Gasteiger partial charge < -0.3 is 0 Å². The van der Waals surface area contributed by atoms with Crippen LogP contribution in [0.25, 0.3) is 0 Å². The van der Waals surface area contributed by atoms with E-state index < -0.39 is 0 Å². The van der Waals surface area contributed by atoms with Gasteiger partial charge in [-0.1, -0.05) is 68.1 Å². The third-order valence-corrected chi connectivity index (χ3v) is 4.08. The molecule has 0 aromatic heterocycles. The van der Waals surface area contributed by atoms with Gasteiger partial charge in [-0.2, -0.15) is 5.26 Å². The number of nitriles is 1. The maximum atomic E-state index is 8.89. The van der Waals surface area contributed by atoms with Gasteiger partial charge in [0.05, 0.1) is 11.6 Å². The molecule has 0 fully saturated rings. The molecule has 114 valence electrons. The molecule has 0 atom stereocenters. The predicted molar refractivity (Wildman–Crippen MR) is 92.7 cm³/mol. The normalized spacial score (nSPS) is 10.3. The van der Waals surface area contributed by atoms with Crippen molar-refractivity contribution in [3.63, 3.8) is 0 Å². The zero-order chi connectivity index (χ0) is 15.5. The highest BCUT2D eigenvalue weighted by molar-refractivity contribution is 5.32. The molecule has 0 aliphatic carbocycles. The Labute approximate surface area is 134 Å². The van der Waals surface area contributed by atoms with Crippen molar-refractivity contribution >= 4 is 0 Å². The van der Waals surface area contributed by atoms with Gasteiger partial charge in [-0.3, -0.25) is 0 Å². The van der Waals surface area contributed by atoms with Crippen LogP contribution in [-0.4, -0.2) is 0 Å². The molecule has 0 saturated carbocycles. The van der Waals surface area contributed by atoms with Crippen LogP contribution in [0.3, 0.4) is 0 Å². The average molecular weight is 291 g/mol. The second kappa shape index (κ2) is 9.79. The number of benzene rings is 2. The first-order chi connectivity index (χ1) is 10.9. The van der Waals surface area contributed by atoms with Gasteiger partial charge in [0.15, 0.2) is 0 Å². The summed E-state index contributed by atoms with van der Waals surface area (Å²) in [5, 5.41) is 8.89. The van der Waals surface area contributed by atoms with E-state index in [4.69, 9.17) is 5.26 Å². The molecule has 0 N–H and O–H groups in total. The summed E-state index contributed by atoms with van der Waals surface area (Å²) in [4.78, 5) is 0. The van der Waals surface area contributed by atoms with Gasteiger partial charge in [0.2, 0.25) is 0 Å². The minimum absolute atomic E-state index is 0.776. The summed E-state index contributed by atoms with van der Waals surface area (Å²) in [5.41, 5.74) is 3.53. The topological polar surface area (TPSA) is 23.8 Å². The Morgan fingerprint density at radius 2 is 1.23 bits per heavy atom. The molecule has 0 bridgehead atoms. The second-order valence-electron chi connectivity index (χ2n) is 5.92. The molecule has 2 aromatic rings. The molecule has 0 unspecified atom stereocenters. The molecule has 0 aliphatic rings. The number of rotatable bonds is 9. The third-order valence-electron chi connectivity index (χ3n) is 4.08. The lowest BCUT2D eigenvalue weighted by molar-refractivity contribution is 0.594. The molecule has 0 saturated heterocycles. The van der Waals surface area contributed by atoms with E-state index in [2.05, 4.69) is 42.5 Å². The van der Waals surface area contributed by atoms with E-state index in [9.17, 15) is 0 Å². The summed E-state index contributed by atoms with van der Waals surface area (Å²) in [6, 6.07) is 21.0. The van der Waals surface area contributed by atoms with Gasteiger partial charge in [-0.05, 0) is 48.9 Å². The van der Waals surface area contributed by atoms with E-state index in [0.29, 0.717) is 0 Å². The second-order valence-corrected chi connectivity index (χ2v) is 5.92. The summed E-state index contributed by atoms with van der Waals surface area (Å²) < 4.78 is 0. The van der Waals surface area contributed by atoms with E-state index in [1.54, 1.807) is 0 Å². The maximum absolute atomic E-state index is 8.89. The SMILES string of the molecule is N#Cc1cccc(CCCCCCCCc2ccccc2)c1. The first-order valence-corrected chi connectivity index (χ1v) is 8.41. The Kier molecular flexibility index (Phi) is 7.26. The fourth-order valence-electron chi connectivity index (χ4n) is 2.81. The molecule has 0 amide bonds. The first-order valence-electron chi connectivity index (χ1n) is 8.41. The maximum Gasteiger partial charge on any atom is 0.0991 e. The minimum Gasteiger partial charge on any atom is -0.192 e. The molecule has 2 aromatic carbocycles. The van der Waals surface area contributed by atoms with Crippen molar-refractivity contribution in [2.75, 3.05) is 0 Å². The van der Waals surface area contributed by atoms with Gasteiger partial charge in [0.1, 0.15) is 0 Å². The van der Waals surface area contributed by atoms with Crippen molar-refractivity contribution in [3.8, 4) is 6.07 Å². The van der Waals surface area contributed by atoms with E-state index in [1.165, 1.54) is 56.1 Å². The summed E-state index contributed by atoms with van der Waals surface area (Å²) in [6.07, 6.45) is 10.1. The molecule has 22 heavy (non-hydrogen) atoms. The van der Waals surface area contributed by atoms with Gasteiger partial charge in [0, 0.05) is 0 Å². The summed E-state index contributed by atoms with van der Waals surface area (Å²) in [5.74, 6) is 0. The van der Waals surface area contributed by atoms with E-state index in [-0.39, 0.29) is 0 Å². The van der Waals surface area contributed by atoms with Crippen molar-refractivity contribution in [2.24, 2.45) is 0 Å². The van der Waals surface area contributed by atoms with Gasteiger partial charge >= 0.3 is 0 Å². The molecule has 0 heterocycles. The Bertz CT molecular complexity index is 580. The van der Waals surface area contributed by atoms with E-state index in [0.717, 1.165) is 12.0 Å². The lowest BCUT2D eigenvalue weighted by Crippen LogP contribution is -1.88. The van der Waals surface area contributed by atoms with E-state index >= 15 is 0 Å². The van der Waals surface area contributed by atoms with Crippen LogP contribution in [0.5, 0.6) is 0 Å². The Balaban J connectivity index is 1.50. The quantitative estimate of drug-likeness (QED) is 0.545. The van der Waals surface area contributed by atoms with Crippen LogP contribution in [0.15, 0.2) is 54.6 Å². The minimum atomic E-state index is 0.776. The summed E-state index contributed by atoms with van der Waals surface area (Å²) in [7, 11) is 0. The lowest BCUT2D eigenvalue weighted by atomic mass is 10.0. The number of hydrogen-bond donors (Lipinski definition) is 0. The standard InChI is InChI=1S/C21H25N/c22-18-21-16-10-15-20(17-21)14-7-4-2-1-3-6-11-19-12-8-5-9-13-19/h5,8-10,12-13,15-17H,1-4,6-7,11,14H2. The zero-order valence-electron chi connectivity index (χ0n) is 13.3. The molecule has 1 nitrogen and oxygen atoms in total. The van der Waals surface area contributed by atoms with Crippen molar-refractivity contribution < 1.29 is 0 Å². The van der Waals surface area contributed by atoms with Gasteiger partial charge in [-0.25, -0.2) is 0 Å². The Morgan fingerprint density at radius 1 is 0.636 bits per heavy atom. The number of unbranched alkanes of at least 4 members (excludes halogenated alkanes) is 5. The lowest BCUT2D eigenvalue weighted by Gasteiger charge is -2.04. The summed E-state index contributed by atoms with van der Waals surface area (Å²) in [6.45, 7) is 0.